The zero-order valence-electron chi connectivity index (χ0n) is 16.7. The molecule has 0 spiro atoms. The number of aromatic nitrogens is 2. The summed E-state index contributed by atoms with van der Waals surface area (Å²) in [5.74, 6) is -0.00946. The number of rotatable bonds is 5. The Bertz CT molecular complexity index is 1040. The Hall–Kier alpha value is -2.24. The first-order chi connectivity index (χ1) is 14.0. The lowest BCUT2D eigenvalue weighted by molar-refractivity contribution is -0.121. The van der Waals surface area contributed by atoms with Gasteiger partial charge in [-0.05, 0) is 49.1 Å². The topological polar surface area (TPSA) is 54.9 Å². The Morgan fingerprint density at radius 3 is 2.69 bits per heavy atom. The van der Waals surface area contributed by atoms with Crippen molar-refractivity contribution in [2.45, 2.75) is 51.5 Å². The lowest BCUT2D eigenvalue weighted by atomic mass is 9.91. The van der Waals surface area contributed by atoms with E-state index in [-0.39, 0.29) is 11.4 Å². The van der Waals surface area contributed by atoms with Crippen LogP contribution in [0.15, 0.2) is 42.6 Å². The molecule has 1 aliphatic carbocycles. The third-order valence-electron chi connectivity index (χ3n) is 5.46. The molecule has 4 nitrogen and oxygen atoms in total. The largest absolute Gasteiger partial charge is 0.345 e. The molecule has 1 fully saturated rings. The lowest BCUT2D eigenvalue weighted by Crippen LogP contribution is -2.43. The molecule has 1 saturated carbocycles. The molecule has 4 rings (SSSR count). The van der Waals surface area contributed by atoms with Gasteiger partial charge in [0, 0.05) is 23.7 Å². The Kier molecular flexibility index (Phi) is 5.70. The summed E-state index contributed by atoms with van der Waals surface area (Å²) in [6.45, 7) is 3.70. The molecule has 0 radical (unpaired) electrons. The number of pyridine rings is 1. The van der Waals surface area contributed by atoms with Crippen molar-refractivity contribution in [3.8, 4) is 21.7 Å². The quantitative estimate of drug-likeness (QED) is 0.545. The monoisotopic (exact) mass is 425 g/mol. The smallest absolute Gasteiger partial charge is 0.217 e. The highest BCUT2D eigenvalue weighted by atomic mass is 35.5. The standard InChI is InChI=1S/C23H24ClN3OS/c1-3-20-26-21(16-7-6-8-18(24)13-16)22(29-20)17-9-12-25-19(14-17)23(27-15(2)28)10-4-5-11-23/h6-9,12-14H,3-5,10-11H2,1-2H3,(H,27,28). The van der Waals surface area contributed by atoms with Crippen LogP contribution in [0.4, 0.5) is 0 Å². The molecule has 1 amide bonds. The number of hydrogen-bond acceptors (Lipinski definition) is 4. The molecule has 29 heavy (non-hydrogen) atoms. The molecule has 2 heterocycles. The molecule has 0 atom stereocenters. The van der Waals surface area contributed by atoms with Gasteiger partial charge < -0.3 is 5.32 Å². The summed E-state index contributed by atoms with van der Waals surface area (Å²) < 4.78 is 0. The van der Waals surface area contributed by atoms with Gasteiger partial charge in [-0.2, -0.15) is 0 Å². The van der Waals surface area contributed by atoms with Gasteiger partial charge in [-0.3, -0.25) is 9.78 Å². The number of thiazole rings is 1. The zero-order valence-corrected chi connectivity index (χ0v) is 18.2. The van der Waals surface area contributed by atoms with E-state index in [1.165, 1.54) is 0 Å². The normalized spacial score (nSPS) is 15.4. The van der Waals surface area contributed by atoms with Crippen LogP contribution in [0.25, 0.3) is 21.7 Å². The summed E-state index contributed by atoms with van der Waals surface area (Å²) in [5, 5.41) is 4.98. The molecule has 150 valence electrons. The molecule has 0 bridgehead atoms. The summed E-state index contributed by atoms with van der Waals surface area (Å²) in [4.78, 5) is 22.5. The van der Waals surface area contributed by atoms with Crippen LogP contribution < -0.4 is 5.32 Å². The Morgan fingerprint density at radius 1 is 1.21 bits per heavy atom. The average molecular weight is 426 g/mol. The third-order valence-corrected chi connectivity index (χ3v) is 6.94. The number of benzene rings is 1. The van der Waals surface area contributed by atoms with Crippen molar-refractivity contribution < 1.29 is 4.79 Å². The maximum absolute atomic E-state index is 11.9. The van der Waals surface area contributed by atoms with Gasteiger partial charge >= 0.3 is 0 Å². The van der Waals surface area contributed by atoms with Gasteiger partial charge in [-0.1, -0.05) is 43.5 Å². The highest BCUT2D eigenvalue weighted by Crippen LogP contribution is 2.42. The second-order valence-electron chi connectivity index (χ2n) is 7.55. The van der Waals surface area contributed by atoms with Crippen LogP contribution in [0.5, 0.6) is 0 Å². The Balaban J connectivity index is 1.81. The number of aryl methyl sites for hydroxylation is 1. The van der Waals surface area contributed by atoms with E-state index in [0.29, 0.717) is 5.02 Å². The van der Waals surface area contributed by atoms with Gasteiger partial charge in [-0.15, -0.1) is 11.3 Å². The second-order valence-corrected chi connectivity index (χ2v) is 9.07. The summed E-state index contributed by atoms with van der Waals surface area (Å²) in [6, 6.07) is 12.0. The minimum Gasteiger partial charge on any atom is -0.345 e. The first-order valence-corrected chi connectivity index (χ1v) is 11.2. The van der Waals surface area contributed by atoms with Gasteiger partial charge in [0.1, 0.15) is 0 Å². The maximum Gasteiger partial charge on any atom is 0.217 e. The van der Waals surface area contributed by atoms with E-state index in [2.05, 4.69) is 23.3 Å². The SMILES string of the molecule is CCc1nc(-c2cccc(Cl)c2)c(-c2ccnc(C3(NC(C)=O)CCCC3)c2)s1. The van der Waals surface area contributed by atoms with E-state index in [1.54, 1.807) is 18.3 Å². The highest BCUT2D eigenvalue weighted by molar-refractivity contribution is 7.15. The van der Waals surface area contributed by atoms with E-state index in [1.807, 2.05) is 36.5 Å². The molecule has 6 heteroatoms. The number of carbonyl (C=O) groups excluding carboxylic acids is 1. The average Bonchev–Trinajstić information content (AvgIpc) is 3.35. The van der Waals surface area contributed by atoms with Gasteiger partial charge in [0.25, 0.3) is 0 Å². The van der Waals surface area contributed by atoms with Crippen LogP contribution in [-0.4, -0.2) is 15.9 Å². The second kappa shape index (κ2) is 8.25. The molecular weight excluding hydrogens is 402 g/mol. The minimum atomic E-state index is -0.365. The number of halogens is 1. The maximum atomic E-state index is 11.9. The van der Waals surface area contributed by atoms with Crippen molar-refractivity contribution in [3.63, 3.8) is 0 Å². The lowest BCUT2D eigenvalue weighted by Gasteiger charge is -2.29. The van der Waals surface area contributed by atoms with E-state index in [9.17, 15) is 4.79 Å². The van der Waals surface area contributed by atoms with Gasteiger partial charge in [0.2, 0.25) is 5.91 Å². The molecule has 1 N–H and O–H groups in total. The fourth-order valence-electron chi connectivity index (χ4n) is 4.14. The summed E-state index contributed by atoms with van der Waals surface area (Å²) in [7, 11) is 0. The first kappa shape index (κ1) is 20.0. The minimum absolute atomic E-state index is 0.00946. The van der Waals surface area contributed by atoms with Crippen molar-refractivity contribution >= 4 is 28.8 Å². The van der Waals surface area contributed by atoms with Crippen molar-refractivity contribution in [3.05, 3.63) is 58.3 Å². The third kappa shape index (κ3) is 4.07. The fraction of sp³-hybridized carbons (Fsp3) is 0.348. The van der Waals surface area contributed by atoms with Gasteiger partial charge in [0.15, 0.2) is 0 Å². The Labute approximate surface area is 180 Å². The van der Waals surface area contributed by atoms with Crippen LogP contribution in [0, 0.1) is 0 Å². The summed E-state index contributed by atoms with van der Waals surface area (Å²) in [6.07, 6.45) is 6.77. The van der Waals surface area contributed by atoms with Crippen LogP contribution >= 0.6 is 22.9 Å². The van der Waals surface area contributed by atoms with E-state index in [4.69, 9.17) is 16.6 Å². The van der Waals surface area contributed by atoms with Crippen molar-refractivity contribution in [1.82, 2.24) is 15.3 Å². The molecule has 0 unspecified atom stereocenters. The van der Waals surface area contributed by atoms with Crippen molar-refractivity contribution in [2.24, 2.45) is 0 Å². The van der Waals surface area contributed by atoms with Gasteiger partial charge in [0.05, 0.1) is 26.8 Å². The van der Waals surface area contributed by atoms with Gasteiger partial charge in [-0.25, -0.2) is 4.98 Å². The van der Waals surface area contributed by atoms with E-state index < -0.39 is 0 Å². The summed E-state index contributed by atoms with van der Waals surface area (Å²) >= 11 is 7.95. The highest BCUT2D eigenvalue weighted by Gasteiger charge is 2.38. The predicted molar refractivity (Wildman–Crippen MR) is 119 cm³/mol. The van der Waals surface area contributed by atoms with E-state index in [0.717, 1.165) is 64.5 Å². The summed E-state index contributed by atoms with van der Waals surface area (Å²) in [5.41, 5.74) is 3.62. The predicted octanol–water partition coefficient (Wildman–Crippen LogP) is 5.99. The van der Waals surface area contributed by atoms with Crippen molar-refractivity contribution in [1.29, 1.82) is 0 Å². The van der Waals surface area contributed by atoms with Crippen LogP contribution in [0.2, 0.25) is 5.02 Å². The molecule has 2 aromatic heterocycles. The molecular formula is C23H24ClN3OS. The molecule has 0 aliphatic heterocycles. The number of hydrogen-bond donors (Lipinski definition) is 1. The Morgan fingerprint density at radius 2 is 2.00 bits per heavy atom. The van der Waals surface area contributed by atoms with Crippen LogP contribution in [0.1, 0.15) is 50.2 Å². The number of amides is 1. The molecule has 3 aromatic rings. The number of nitrogens with one attached hydrogen (secondary N) is 1. The molecule has 1 aliphatic rings. The number of carbonyl (C=O) groups is 1. The van der Waals surface area contributed by atoms with E-state index >= 15 is 0 Å². The number of nitrogens with zero attached hydrogens (tertiary/aromatic N) is 2. The van der Waals surface area contributed by atoms with Crippen molar-refractivity contribution in [2.75, 3.05) is 0 Å². The zero-order chi connectivity index (χ0) is 20.4. The molecule has 1 aromatic carbocycles. The molecule has 0 saturated heterocycles. The van der Waals surface area contributed by atoms with Crippen LogP contribution in [0.3, 0.4) is 0 Å². The fourth-order valence-corrected chi connectivity index (χ4v) is 5.35. The first-order valence-electron chi connectivity index (χ1n) is 10.0. The van der Waals surface area contributed by atoms with Crippen LogP contribution in [-0.2, 0) is 16.8 Å².